The first-order valence-corrected chi connectivity index (χ1v) is 7.45. The van der Waals surface area contributed by atoms with E-state index in [0.717, 1.165) is 17.0 Å². The second-order valence-corrected chi connectivity index (χ2v) is 6.41. The first-order chi connectivity index (χ1) is 7.66. The van der Waals surface area contributed by atoms with Gasteiger partial charge in [-0.05, 0) is 41.3 Å². The van der Waals surface area contributed by atoms with Crippen LogP contribution < -0.4 is 5.73 Å². The van der Waals surface area contributed by atoms with Crippen molar-refractivity contribution >= 4 is 27.3 Å². The average Bonchev–Trinajstić information content (AvgIpc) is 2.95. The van der Waals surface area contributed by atoms with Crippen LogP contribution in [0.5, 0.6) is 0 Å². The van der Waals surface area contributed by atoms with Crippen molar-refractivity contribution in [1.82, 2.24) is 0 Å². The molecule has 2 atom stereocenters. The standard InChI is InChI=1S/C12H18BrNOS/c1-8(14)12(11-6-10(13)7-16-11)15-5-4-9-2-3-9/h6-9,12H,2-5,14H2,1H3. The summed E-state index contributed by atoms with van der Waals surface area (Å²) >= 11 is 5.17. The quantitative estimate of drug-likeness (QED) is 0.869. The molecule has 90 valence electrons. The van der Waals surface area contributed by atoms with Crippen LogP contribution in [-0.4, -0.2) is 12.6 Å². The molecule has 1 fully saturated rings. The lowest BCUT2D eigenvalue weighted by atomic mass is 10.1. The van der Waals surface area contributed by atoms with Crippen LogP contribution in [0.2, 0.25) is 0 Å². The Kier molecular flexibility index (Phi) is 4.41. The third-order valence-electron chi connectivity index (χ3n) is 2.87. The zero-order chi connectivity index (χ0) is 11.5. The summed E-state index contributed by atoms with van der Waals surface area (Å²) in [5, 5.41) is 2.08. The number of thiophene rings is 1. The van der Waals surface area contributed by atoms with Crippen LogP contribution in [0.3, 0.4) is 0 Å². The van der Waals surface area contributed by atoms with Gasteiger partial charge in [-0.2, -0.15) is 0 Å². The Morgan fingerprint density at radius 1 is 1.62 bits per heavy atom. The maximum atomic E-state index is 5.98. The van der Waals surface area contributed by atoms with Crippen molar-refractivity contribution in [2.24, 2.45) is 11.7 Å². The molecule has 0 saturated heterocycles. The van der Waals surface area contributed by atoms with Crippen molar-refractivity contribution in [3.8, 4) is 0 Å². The SMILES string of the molecule is CC(N)C(OCCC1CC1)c1cc(Br)cs1. The van der Waals surface area contributed by atoms with E-state index in [1.165, 1.54) is 24.1 Å². The van der Waals surface area contributed by atoms with Crippen LogP contribution in [0, 0.1) is 5.92 Å². The Morgan fingerprint density at radius 2 is 2.38 bits per heavy atom. The van der Waals surface area contributed by atoms with Crippen molar-refractivity contribution in [1.29, 1.82) is 0 Å². The summed E-state index contributed by atoms with van der Waals surface area (Å²) in [6.45, 7) is 2.85. The number of rotatable bonds is 6. The second-order valence-electron chi connectivity index (χ2n) is 4.55. The molecule has 0 bridgehead atoms. The van der Waals surface area contributed by atoms with Crippen LogP contribution in [0.25, 0.3) is 0 Å². The zero-order valence-corrected chi connectivity index (χ0v) is 11.9. The molecule has 1 saturated carbocycles. The van der Waals surface area contributed by atoms with E-state index in [2.05, 4.69) is 27.4 Å². The van der Waals surface area contributed by atoms with Crippen molar-refractivity contribution in [3.63, 3.8) is 0 Å². The normalized spacial score (nSPS) is 19.7. The smallest absolute Gasteiger partial charge is 0.106 e. The van der Waals surface area contributed by atoms with E-state index in [0.29, 0.717) is 0 Å². The summed E-state index contributed by atoms with van der Waals surface area (Å²) in [5.41, 5.74) is 5.98. The number of nitrogens with two attached hydrogens (primary N) is 1. The van der Waals surface area contributed by atoms with E-state index in [-0.39, 0.29) is 12.1 Å². The molecule has 2 unspecified atom stereocenters. The molecule has 1 heterocycles. The Bertz CT molecular complexity index is 336. The maximum Gasteiger partial charge on any atom is 0.106 e. The lowest BCUT2D eigenvalue weighted by Gasteiger charge is -2.20. The van der Waals surface area contributed by atoms with Gasteiger partial charge in [-0.1, -0.05) is 12.8 Å². The Morgan fingerprint density at radius 3 is 2.88 bits per heavy atom. The highest BCUT2D eigenvalue weighted by molar-refractivity contribution is 9.10. The summed E-state index contributed by atoms with van der Waals surface area (Å²) in [7, 11) is 0. The monoisotopic (exact) mass is 303 g/mol. The van der Waals surface area contributed by atoms with E-state index >= 15 is 0 Å². The predicted molar refractivity (Wildman–Crippen MR) is 71.7 cm³/mol. The third-order valence-corrected chi connectivity index (χ3v) is 4.62. The van der Waals surface area contributed by atoms with Crippen molar-refractivity contribution in [2.45, 2.75) is 38.3 Å². The minimum absolute atomic E-state index is 0.0461. The number of ether oxygens (including phenoxy) is 1. The van der Waals surface area contributed by atoms with Gasteiger partial charge in [-0.15, -0.1) is 11.3 Å². The highest BCUT2D eigenvalue weighted by Gasteiger charge is 2.23. The topological polar surface area (TPSA) is 35.2 Å². The molecule has 2 nitrogen and oxygen atoms in total. The predicted octanol–water partition coefficient (Wildman–Crippen LogP) is 3.72. The third kappa shape index (κ3) is 3.55. The Labute approximate surface area is 109 Å². The number of halogens is 1. The molecule has 16 heavy (non-hydrogen) atoms. The summed E-state index contributed by atoms with van der Waals surface area (Å²) < 4.78 is 7.03. The molecule has 0 aromatic carbocycles. The molecular formula is C12H18BrNOS. The van der Waals surface area contributed by atoms with Gasteiger partial charge in [0.2, 0.25) is 0 Å². The van der Waals surface area contributed by atoms with E-state index in [1.807, 2.05) is 6.92 Å². The highest BCUT2D eigenvalue weighted by atomic mass is 79.9. The van der Waals surface area contributed by atoms with Gasteiger partial charge in [0.1, 0.15) is 6.10 Å². The Hall–Kier alpha value is 0.1000. The van der Waals surface area contributed by atoms with Gasteiger partial charge in [0.15, 0.2) is 0 Å². The molecule has 0 aliphatic heterocycles. The van der Waals surface area contributed by atoms with Gasteiger partial charge in [-0.3, -0.25) is 0 Å². The highest BCUT2D eigenvalue weighted by Crippen LogP contribution is 2.34. The molecule has 1 aliphatic carbocycles. The average molecular weight is 304 g/mol. The van der Waals surface area contributed by atoms with Crippen LogP contribution in [-0.2, 0) is 4.74 Å². The lowest BCUT2D eigenvalue weighted by molar-refractivity contribution is 0.0370. The van der Waals surface area contributed by atoms with Gasteiger partial charge < -0.3 is 10.5 Å². The summed E-state index contributed by atoms with van der Waals surface area (Å²) in [6, 6.07) is 2.15. The zero-order valence-electron chi connectivity index (χ0n) is 9.49. The summed E-state index contributed by atoms with van der Waals surface area (Å²) in [4.78, 5) is 1.22. The first kappa shape index (κ1) is 12.6. The molecule has 4 heteroatoms. The molecule has 2 N–H and O–H groups in total. The van der Waals surface area contributed by atoms with Crippen LogP contribution in [0.15, 0.2) is 15.9 Å². The molecule has 2 rings (SSSR count). The molecule has 0 radical (unpaired) electrons. The van der Waals surface area contributed by atoms with Crippen LogP contribution in [0.1, 0.15) is 37.2 Å². The van der Waals surface area contributed by atoms with Gasteiger partial charge in [0.25, 0.3) is 0 Å². The van der Waals surface area contributed by atoms with Crippen LogP contribution >= 0.6 is 27.3 Å². The molecule has 0 amide bonds. The molecule has 1 aromatic rings. The lowest BCUT2D eigenvalue weighted by Crippen LogP contribution is -2.26. The van der Waals surface area contributed by atoms with Gasteiger partial charge >= 0.3 is 0 Å². The fourth-order valence-electron chi connectivity index (χ4n) is 1.74. The van der Waals surface area contributed by atoms with Crippen LogP contribution in [0.4, 0.5) is 0 Å². The molecule has 1 aromatic heterocycles. The van der Waals surface area contributed by atoms with E-state index in [1.54, 1.807) is 11.3 Å². The Balaban J connectivity index is 1.88. The van der Waals surface area contributed by atoms with Crippen molar-refractivity contribution in [2.75, 3.05) is 6.61 Å². The largest absolute Gasteiger partial charge is 0.371 e. The molecule has 1 aliphatic rings. The first-order valence-electron chi connectivity index (χ1n) is 5.78. The van der Waals surface area contributed by atoms with E-state index < -0.39 is 0 Å². The minimum Gasteiger partial charge on any atom is -0.371 e. The molecular weight excluding hydrogens is 286 g/mol. The second kappa shape index (κ2) is 5.63. The summed E-state index contributed by atoms with van der Waals surface area (Å²) in [6.07, 6.45) is 4.01. The number of hydrogen-bond acceptors (Lipinski definition) is 3. The van der Waals surface area contributed by atoms with Crippen molar-refractivity contribution < 1.29 is 4.74 Å². The molecule has 0 spiro atoms. The van der Waals surface area contributed by atoms with Gasteiger partial charge in [-0.25, -0.2) is 0 Å². The van der Waals surface area contributed by atoms with Gasteiger partial charge in [0, 0.05) is 27.4 Å². The fraction of sp³-hybridized carbons (Fsp3) is 0.667. The minimum atomic E-state index is 0.0461. The number of hydrogen-bond donors (Lipinski definition) is 1. The van der Waals surface area contributed by atoms with Gasteiger partial charge in [0.05, 0.1) is 0 Å². The van der Waals surface area contributed by atoms with E-state index in [9.17, 15) is 0 Å². The van der Waals surface area contributed by atoms with Crippen molar-refractivity contribution in [3.05, 3.63) is 20.8 Å². The van der Waals surface area contributed by atoms with E-state index in [4.69, 9.17) is 10.5 Å². The maximum absolute atomic E-state index is 5.98. The summed E-state index contributed by atoms with van der Waals surface area (Å²) in [5.74, 6) is 0.920. The fourth-order valence-corrected chi connectivity index (χ4v) is 3.35.